The number of rotatable bonds is 3. The highest BCUT2D eigenvalue weighted by atomic mass is 19.4. The van der Waals surface area contributed by atoms with Crippen LogP contribution in [0.5, 0.6) is 0 Å². The average molecular weight is 238 g/mol. The van der Waals surface area contributed by atoms with Gasteiger partial charge in [-0.15, -0.1) is 0 Å². The molecule has 0 radical (unpaired) electrons. The summed E-state index contributed by atoms with van der Waals surface area (Å²) in [7, 11) is 0. The number of nitrogens with two attached hydrogens (primary N) is 1. The number of hydrogen-bond acceptors (Lipinski definition) is 4. The summed E-state index contributed by atoms with van der Waals surface area (Å²) in [6, 6.07) is 0. The van der Waals surface area contributed by atoms with E-state index < -0.39 is 24.8 Å². The van der Waals surface area contributed by atoms with Gasteiger partial charge in [0.15, 0.2) is 11.6 Å². The van der Waals surface area contributed by atoms with E-state index in [-0.39, 0.29) is 17.3 Å². The first-order chi connectivity index (χ1) is 7.33. The third kappa shape index (κ3) is 3.30. The minimum Gasteiger partial charge on any atom is -0.306 e. The van der Waals surface area contributed by atoms with Gasteiger partial charge in [0, 0.05) is 6.42 Å². The van der Waals surface area contributed by atoms with Crippen LogP contribution in [0.1, 0.15) is 17.9 Å². The predicted molar refractivity (Wildman–Crippen MR) is 48.9 cm³/mol. The van der Waals surface area contributed by atoms with Crippen LogP contribution in [0.3, 0.4) is 0 Å². The summed E-state index contributed by atoms with van der Waals surface area (Å²) in [6.45, 7) is 1.33. The van der Waals surface area contributed by atoms with Gasteiger partial charge in [0.2, 0.25) is 0 Å². The van der Waals surface area contributed by atoms with Gasteiger partial charge >= 0.3 is 6.18 Å². The van der Waals surface area contributed by atoms with Gasteiger partial charge in [-0.1, -0.05) is 0 Å². The van der Waals surface area contributed by atoms with Gasteiger partial charge in [0.25, 0.3) is 0 Å². The summed E-state index contributed by atoms with van der Waals surface area (Å²) in [5, 5.41) is 0. The van der Waals surface area contributed by atoms with Crippen molar-refractivity contribution < 1.29 is 17.6 Å². The van der Waals surface area contributed by atoms with Crippen molar-refractivity contribution in [1.29, 1.82) is 0 Å². The van der Waals surface area contributed by atoms with E-state index >= 15 is 0 Å². The zero-order chi connectivity index (χ0) is 12.3. The maximum Gasteiger partial charge on any atom is 0.389 e. The van der Waals surface area contributed by atoms with E-state index in [1.165, 1.54) is 6.92 Å². The first-order valence-corrected chi connectivity index (χ1v) is 4.40. The highest BCUT2D eigenvalue weighted by Gasteiger charge is 2.27. The second-order valence-electron chi connectivity index (χ2n) is 3.15. The van der Waals surface area contributed by atoms with Gasteiger partial charge in [-0.3, -0.25) is 0 Å². The number of halogens is 4. The Labute approximate surface area is 88.9 Å². The van der Waals surface area contributed by atoms with Gasteiger partial charge in [-0.2, -0.15) is 13.2 Å². The molecule has 8 heteroatoms. The third-order valence-corrected chi connectivity index (χ3v) is 1.83. The number of aryl methyl sites for hydroxylation is 2. The summed E-state index contributed by atoms with van der Waals surface area (Å²) in [5.41, 5.74) is 1.92. The Kier molecular flexibility index (Phi) is 3.63. The standard InChI is InChI=1S/C8H10F4N4/c1-4-6(9)7(16-13)15-5(14-4)2-3-8(10,11)12/h2-3,13H2,1H3,(H,14,15,16). The lowest BCUT2D eigenvalue weighted by Crippen LogP contribution is -2.15. The summed E-state index contributed by atoms with van der Waals surface area (Å²) < 4.78 is 49.0. The molecule has 1 heterocycles. The molecular formula is C8H10F4N4. The van der Waals surface area contributed by atoms with Gasteiger partial charge in [-0.05, 0) is 6.92 Å². The first kappa shape index (κ1) is 12.6. The van der Waals surface area contributed by atoms with Crippen LogP contribution in [-0.2, 0) is 6.42 Å². The predicted octanol–water partition coefficient (Wildman–Crippen LogP) is 1.70. The van der Waals surface area contributed by atoms with Crippen molar-refractivity contribution >= 4 is 5.82 Å². The van der Waals surface area contributed by atoms with Crippen LogP contribution in [0.15, 0.2) is 0 Å². The molecule has 0 aliphatic carbocycles. The molecule has 0 spiro atoms. The van der Waals surface area contributed by atoms with Crippen molar-refractivity contribution in [3.63, 3.8) is 0 Å². The van der Waals surface area contributed by atoms with Crippen molar-refractivity contribution in [3.8, 4) is 0 Å². The molecule has 0 saturated heterocycles. The Hall–Kier alpha value is -1.44. The second kappa shape index (κ2) is 4.60. The van der Waals surface area contributed by atoms with E-state index in [9.17, 15) is 17.6 Å². The Morgan fingerprint density at radius 2 is 1.94 bits per heavy atom. The Morgan fingerprint density at radius 3 is 2.44 bits per heavy atom. The van der Waals surface area contributed by atoms with Crippen LogP contribution < -0.4 is 11.3 Å². The number of hydrogen-bond donors (Lipinski definition) is 2. The normalized spacial score (nSPS) is 11.6. The zero-order valence-corrected chi connectivity index (χ0v) is 8.40. The van der Waals surface area contributed by atoms with Gasteiger partial charge < -0.3 is 5.43 Å². The molecule has 0 saturated carbocycles. The number of alkyl halides is 3. The molecule has 1 aromatic heterocycles. The zero-order valence-electron chi connectivity index (χ0n) is 8.40. The lowest BCUT2D eigenvalue weighted by Gasteiger charge is -2.08. The smallest absolute Gasteiger partial charge is 0.306 e. The number of hydrazine groups is 1. The van der Waals surface area contributed by atoms with Crippen LogP contribution in [0, 0.1) is 12.7 Å². The maximum absolute atomic E-state index is 13.2. The van der Waals surface area contributed by atoms with Crippen molar-refractivity contribution in [2.24, 2.45) is 5.84 Å². The number of anilines is 1. The number of nitrogen functional groups attached to an aromatic ring is 1. The molecular weight excluding hydrogens is 228 g/mol. The van der Waals surface area contributed by atoms with Gasteiger partial charge in [0.1, 0.15) is 5.82 Å². The SMILES string of the molecule is Cc1nc(CCC(F)(F)F)nc(NN)c1F. The lowest BCUT2D eigenvalue weighted by molar-refractivity contribution is -0.134. The Balaban J connectivity index is 2.86. The van der Waals surface area contributed by atoms with Crippen LogP contribution in [-0.4, -0.2) is 16.1 Å². The summed E-state index contributed by atoms with van der Waals surface area (Å²) in [6.07, 6.45) is -5.75. The van der Waals surface area contributed by atoms with Crippen LogP contribution in [0.25, 0.3) is 0 Å². The molecule has 16 heavy (non-hydrogen) atoms. The minimum atomic E-state index is -4.29. The monoisotopic (exact) mass is 238 g/mol. The molecule has 0 unspecified atom stereocenters. The molecule has 0 fully saturated rings. The first-order valence-electron chi connectivity index (χ1n) is 4.40. The summed E-state index contributed by atoms with van der Waals surface area (Å²) in [4.78, 5) is 7.14. The molecule has 1 aromatic rings. The van der Waals surface area contributed by atoms with E-state index in [0.717, 1.165) is 0 Å². The minimum absolute atomic E-state index is 0.0416. The van der Waals surface area contributed by atoms with E-state index in [2.05, 4.69) is 9.97 Å². The van der Waals surface area contributed by atoms with Crippen molar-refractivity contribution in [2.75, 3.05) is 5.43 Å². The molecule has 0 bridgehead atoms. The van der Waals surface area contributed by atoms with Crippen LogP contribution in [0.2, 0.25) is 0 Å². The second-order valence-corrected chi connectivity index (χ2v) is 3.15. The molecule has 4 nitrogen and oxygen atoms in total. The summed E-state index contributed by atoms with van der Waals surface area (Å²) >= 11 is 0. The van der Waals surface area contributed by atoms with E-state index in [0.29, 0.717) is 0 Å². The van der Waals surface area contributed by atoms with Gasteiger partial charge in [-0.25, -0.2) is 20.2 Å². The molecule has 0 aromatic carbocycles. The molecule has 1 rings (SSSR count). The lowest BCUT2D eigenvalue weighted by atomic mass is 10.2. The highest BCUT2D eigenvalue weighted by molar-refractivity contribution is 5.36. The quantitative estimate of drug-likeness (QED) is 0.478. The molecule has 0 atom stereocenters. The molecule has 3 N–H and O–H groups in total. The largest absolute Gasteiger partial charge is 0.389 e. The summed E-state index contributed by atoms with van der Waals surface area (Å²) in [5.74, 6) is 3.81. The molecule has 0 amide bonds. The maximum atomic E-state index is 13.2. The topological polar surface area (TPSA) is 63.8 Å². The van der Waals surface area contributed by atoms with E-state index in [1.54, 1.807) is 0 Å². The number of nitrogens with one attached hydrogen (secondary N) is 1. The van der Waals surface area contributed by atoms with Crippen molar-refractivity contribution in [1.82, 2.24) is 9.97 Å². The molecule has 0 aliphatic heterocycles. The Bertz CT molecular complexity index is 377. The highest BCUT2D eigenvalue weighted by Crippen LogP contribution is 2.22. The van der Waals surface area contributed by atoms with Crippen LogP contribution in [0.4, 0.5) is 23.4 Å². The number of nitrogens with zero attached hydrogens (tertiary/aromatic N) is 2. The van der Waals surface area contributed by atoms with Gasteiger partial charge in [0.05, 0.1) is 12.1 Å². The fourth-order valence-electron chi connectivity index (χ4n) is 1.08. The van der Waals surface area contributed by atoms with Crippen LogP contribution >= 0.6 is 0 Å². The Morgan fingerprint density at radius 1 is 1.31 bits per heavy atom. The van der Waals surface area contributed by atoms with Crippen molar-refractivity contribution in [3.05, 3.63) is 17.3 Å². The average Bonchev–Trinajstić information content (AvgIpc) is 2.18. The van der Waals surface area contributed by atoms with Crippen molar-refractivity contribution in [2.45, 2.75) is 25.9 Å². The molecule has 90 valence electrons. The molecule has 0 aliphatic rings. The third-order valence-electron chi connectivity index (χ3n) is 1.83. The van der Waals surface area contributed by atoms with E-state index in [4.69, 9.17) is 5.84 Å². The fourth-order valence-corrected chi connectivity index (χ4v) is 1.08. The number of aromatic nitrogens is 2. The van der Waals surface area contributed by atoms with E-state index in [1.807, 2.05) is 5.43 Å². The fraction of sp³-hybridized carbons (Fsp3) is 0.500.